The lowest BCUT2D eigenvalue weighted by molar-refractivity contribution is 0.104. The molecule has 7 heteroatoms. The number of nitrogens with zero attached hydrogens (tertiary/aromatic N) is 5. The standard InChI is InChI=1S/C36H35N5OS/c1-24-29(35(42)40-19-20-43-36(40)37-24)16-18-39-17-15-26(22-28(39)21-25-9-3-2-4-10-25)33-30-12-6-5-11-27(30)23-41-32-14-8-7-13-31(32)38-34(33)41/h2-14,19-20,26,28,33H,15-18,21-23H2,1H3. The number of fused-ring (bicyclic) bond motifs is 5. The summed E-state index contributed by atoms with van der Waals surface area (Å²) < 4.78 is 4.16. The van der Waals surface area contributed by atoms with E-state index in [-0.39, 0.29) is 11.5 Å². The molecule has 2 aliphatic rings. The molecule has 0 saturated carbocycles. The van der Waals surface area contributed by atoms with Gasteiger partial charge in [-0.1, -0.05) is 66.7 Å². The summed E-state index contributed by atoms with van der Waals surface area (Å²) in [7, 11) is 0. The van der Waals surface area contributed by atoms with Crippen molar-refractivity contribution < 1.29 is 0 Å². The summed E-state index contributed by atoms with van der Waals surface area (Å²) in [5, 5.41) is 1.94. The van der Waals surface area contributed by atoms with Gasteiger partial charge in [0.2, 0.25) is 0 Å². The minimum absolute atomic E-state index is 0.0796. The Hall–Kier alpha value is -4.07. The molecule has 3 aromatic carbocycles. The van der Waals surface area contributed by atoms with E-state index in [1.54, 1.807) is 4.40 Å². The van der Waals surface area contributed by atoms with Crippen molar-refractivity contribution in [1.82, 2.24) is 23.8 Å². The largest absolute Gasteiger partial charge is 0.323 e. The monoisotopic (exact) mass is 585 g/mol. The molecule has 1 fully saturated rings. The second-order valence-electron chi connectivity index (χ2n) is 12.2. The van der Waals surface area contributed by atoms with Crippen LogP contribution in [0.2, 0.25) is 0 Å². The van der Waals surface area contributed by atoms with Crippen LogP contribution in [-0.4, -0.2) is 43.0 Å². The maximum atomic E-state index is 13.3. The molecule has 3 aromatic heterocycles. The zero-order valence-corrected chi connectivity index (χ0v) is 25.2. The number of benzene rings is 3. The van der Waals surface area contributed by atoms with Crippen molar-refractivity contribution in [3.05, 3.63) is 135 Å². The average molecular weight is 586 g/mol. The van der Waals surface area contributed by atoms with Crippen LogP contribution >= 0.6 is 11.3 Å². The first kappa shape index (κ1) is 26.5. The van der Waals surface area contributed by atoms with E-state index in [2.05, 4.69) is 88.3 Å². The highest BCUT2D eigenvalue weighted by atomic mass is 32.1. The quantitative estimate of drug-likeness (QED) is 0.225. The van der Waals surface area contributed by atoms with Gasteiger partial charge in [0, 0.05) is 47.9 Å². The lowest BCUT2D eigenvalue weighted by atomic mass is 9.74. The smallest absolute Gasteiger partial charge is 0.261 e. The normalized spacial score (nSPS) is 20.3. The Morgan fingerprint density at radius 3 is 2.67 bits per heavy atom. The number of aryl methyl sites for hydroxylation is 1. The average Bonchev–Trinajstić information content (AvgIpc) is 3.65. The molecule has 8 rings (SSSR count). The van der Waals surface area contributed by atoms with E-state index in [1.165, 1.54) is 39.4 Å². The zero-order chi connectivity index (χ0) is 28.9. The highest BCUT2D eigenvalue weighted by molar-refractivity contribution is 7.15. The molecule has 0 amide bonds. The lowest BCUT2D eigenvalue weighted by Crippen LogP contribution is -2.46. The van der Waals surface area contributed by atoms with Gasteiger partial charge in [-0.25, -0.2) is 9.97 Å². The van der Waals surface area contributed by atoms with Crippen LogP contribution in [0.25, 0.3) is 16.0 Å². The molecule has 2 aliphatic heterocycles. The fourth-order valence-corrected chi connectivity index (χ4v) is 8.39. The molecular formula is C36H35N5OS. The molecule has 6 aromatic rings. The second-order valence-corrected chi connectivity index (χ2v) is 13.0. The summed E-state index contributed by atoms with van der Waals surface area (Å²) in [6, 6.07) is 28.9. The van der Waals surface area contributed by atoms with Crippen LogP contribution in [0.5, 0.6) is 0 Å². The summed E-state index contributed by atoms with van der Waals surface area (Å²) in [6.45, 7) is 4.73. The number of thiazole rings is 1. The molecular weight excluding hydrogens is 550 g/mol. The van der Waals surface area contributed by atoms with Crippen LogP contribution in [-0.2, 0) is 19.4 Å². The summed E-state index contributed by atoms with van der Waals surface area (Å²) in [5.41, 5.74) is 8.33. The van der Waals surface area contributed by atoms with Crippen LogP contribution in [0.1, 0.15) is 52.5 Å². The molecule has 0 radical (unpaired) electrons. The van der Waals surface area contributed by atoms with E-state index in [1.807, 2.05) is 18.5 Å². The first-order chi connectivity index (χ1) is 21.1. The first-order valence-corrected chi connectivity index (χ1v) is 16.3. The number of piperidine rings is 1. The Morgan fingerprint density at radius 1 is 0.953 bits per heavy atom. The Morgan fingerprint density at radius 2 is 1.77 bits per heavy atom. The van der Waals surface area contributed by atoms with E-state index < -0.39 is 0 Å². The Balaban J connectivity index is 1.12. The number of para-hydroxylation sites is 2. The fourth-order valence-electron chi connectivity index (χ4n) is 7.64. The highest BCUT2D eigenvalue weighted by Crippen LogP contribution is 2.44. The first-order valence-electron chi connectivity index (χ1n) is 15.4. The zero-order valence-electron chi connectivity index (χ0n) is 24.4. The maximum absolute atomic E-state index is 13.3. The summed E-state index contributed by atoms with van der Waals surface area (Å²) in [4.78, 5) is 26.7. The van der Waals surface area contributed by atoms with Gasteiger partial charge in [-0.2, -0.15) is 0 Å². The molecule has 43 heavy (non-hydrogen) atoms. The van der Waals surface area contributed by atoms with Gasteiger partial charge < -0.3 is 4.57 Å². The molecule has 0 aliphatic carbocycles. The Bertz CT molecular complexity index is 1990. The van der Waals surface area contributed by atoms with Gasteiger partial charge in [-0.3, -0.25) is 14.1 Å². The van der Waals surface area contributed by atoms with Crippen LogP contribution in [0.15, 0.2) is 95.2 Å². The van der Waals surface area contributed by atoms with Crippen molar-refractivity contribution in [2.45, 2.75) is 51.1 Å². The molecule has 5 heterocycles. The van der Waals surface area contributed by atoms with Gasteiger partial charge in [0.1, 0.15) is 5.82 Å². The molecule has 0 N–H and O–H groups in total. The van der Waals surface area contributed by atoms with Gasteiger partial charge >= 0.3 is 0 Å². The molecule has 0 spiro atoms. The van der Waals surface area contributed by atoms with Crippen LogP contribution < -0.4 is 5.56 Å². The van der Waals surface area contributed by atoms with Crippen molar-refractivity contribution in [3.8, 4) is 0 Å². The second kappa shape index (κ2) is 10.9. The summed E-state index contributed by atoms with van der Waals surface area (Å²) >= 11 is 1.51. The third-order valence-electron chi connectivity index (χ3n) is 9.76. The molecule has 216 valence electrons. The lowest BCUT2D eigenvalue weighted by Gasteiger charge is -2.43. The number of hydrogen-bond acceptors (Lipinski definition) is 5. The fraction of sp³-hybridized carbons (Fsp3) is 0.306. The van der Waals surface area contributed by atoms with Gasteiger partial charge in [0.25, 0.3) is 5.56 Å². The third-order valence-corrected chi connectivity index (χ3v) is 10.5. The highest BCUT2D eigenvalue weighted by Gasteiger charge is 2.39. The molecule has 0 bridgehead atoms. The van der Waals surface area contributed by atoms with Gasteiger partial charge in [-0.15, -0.1) is 11.3 Å². The minimum Gasteiger partial charge on any atom is -0.323 e. The molecule has 3 unspecified atom stereocenters. The van der Waals surface area contributed by atoms with Crippen LogP contribution in [0, 0.1) is 12.8 Å². The number of hydrogen-bond donors (Lipinski definition) is 0. The van der Waals surface area contributed by atoms with Crippen molar-refractivity contribution in [3.63, 3.8) is 0 Å². The molecule has 6 nitrogen and oxygen atoms in total. The predicted molar refractivity (Wildman–Crippen MR) is 173 cm³/mol. The predicted octanol–water partition coefficient (Wildman–Crippen LogP) is 6.47. The summed E-state index contributed by atoms with van der Waals surface area (Å²) in [6.07, 6.45) is 5.76. The SMILES string of the molecule is Cc1nc2sccn2c(=O)c1CCN1CCC(C2c3ccccc3Cn3c2nc2ccccc23)CC1Cc1ccccc1. The van der Waals surface area contributed by atoms with E-state index in [0.717, 1.165) is 60.6 Å². The van der Waals surface area contributed by atoms with Crippen LogP contribution in [0.4, 0.5) is 0 Å². The van der Waals surface area contributed by atoms with E-state index in [9.17, 15) is 4.79 Å². The van der Waals surface area contributed by atoms with Crippen LogP contribution in [0.3, 0.4) is 0 Å². The minimum atomic E-state index is 0.0796. The molecule has 1 saturated heterocycles. The topological polar surface area (TPSA) is 55.4 Å². The van der Waals surface area contributed by atoms with Gasteiger partial charge in [0.05, 0.1) is 11.0 Å². The van der Waals surface area contributed by atoms with Crippen molar-refractivity contribution in [2.24, 2.45) is 5.92 Å². The van der Waals surface area contributed by atoms with E-state index >= 15 is 0 Å². The molecule has 3 atom stereocenters. The Kier molecular flexibility index (Phi) is 6.72. The number of likely N-dealkylation sites (tertiary alicyclic amines) is 1. The van der Waals surface area contributed by atoms with Gasteiger partial charge in [-0.05, 0) is 73.9 Å². The number of aromatic nitrogens is 4. The van der Waals surface area contributed by atoms with Crippen molar-refractivity contribution in [2.75, 3.05) is 13.1 Å². The number of rotatable bonds is 6. The third kappa shape index (κ3) is 4.71. The Labute approximate surface area is 255 Å². The van der Waals surface area contributed by atoms with Gasteiger partial charge in [0.15, 0.2) is 4.96 Å². The van der Waals surface area contributed by atoms with Crippen molar-refractivity contribution >= 4 is 27.3 Å². The number of imidazole rings is 1. The maximum Gasteiger partial charge on any atom is 0.261 e. The van der Waals surface area contributed by atoms with E-state index in [0.29, 0.717) is 18.4 Å². The summed E-state index contributed by atoms with van der Waals surface area (Å²) in [5.74, 6) is 1.98. The van der Waals surface area contributed by atoms with E-state index in [4.69, 9.17) is 9.97 Å². The van der Waals surface area contributed by atoms with Crippen molar-refractivity contribution in [1.29, 1.82) is 0 Å².